The standard InChI is InChI=1S/C17H32N2O2/c1-11(2)8-9-19-13(10-12(3)4)15(20)18-14(16(19)21)17(5,6)7/h11-14H,8-10H2,1-7H3,(H,18,20). The minimum atomic E-state index is -0.416. The molecule has 0 aromatic carbocycles. The molecule has 2 amide bonds. The largest absolute Gasteiger partial charge is 0.342 e. The lowest BCUT2D eigenvalue weighted by atomic mass is 9.83. The number of hydrogen-bond donors (Lipinski definition) is 1. The molecule has 21 heavy (non-hydrogen) atoms. The first-order valence-corrected chi connectivity index (χ1v) is 8.15. The van der Waals surface area contributed by atoms with Crippen LogP contribution >= 0.6 is 0 Å². The van der Waals surface area contributed by atoms with E-state index in [0.717, 1.165) is 12.8 Å². The fourth-order valence-corrected chi connectivity index (χ4v) is 2.69. The van der Waals surface area contributed by atoms with Crippen LogP contribution < -0.4 is 5.32 Å². The van der Waals surface area contributed by atoms with E-state index in [4.69, 9.17) is 0 Å². The number of hydrogen-bond acceptors (Lipinski definition) is 2. The molecule has 4 heteroatoms. The molecule has 2 atom stereocenters. The van der Waals surface area contributed by atoms with E-state index in [0.29, 0.717) is 18.4 Å². The number of rotatable bonds is 5. The van der Waals surface area contributed by atoms with E-state index in [-0.39, 0.29) is 23.3 Å². The van der Waals surface area contributed by atoms with E-state index in [1.165, 1.54) is 0 Å². The average Bonchev–Trinajstić information content (AvgIpc) is 2.30. The molecule has 0 aliphatic carbocycles. The Morgan fingerprint density at radius 3 is 2.10 bits per heavy atom. The minimum Gasteiger partial charge on any atom is -0.342 e. The molecule has 1 aliphatic heterocycles. The Balaban J connectivity index is 2.99. The van der Waals surface area contributed by atoms with Gasteiger partial charge in [0.1, 0.15) is 12.1 Å². The second-order valence-electron chi connectivity index (χ2n) is 8.17. The van der Waals surface area contributed by atoms with Crippen molar-refractivity contribution in [2.45, 2.75) is 73.4 Å². The van der Waals surface area contributed by atoms with E-state index in [9.17, 15) is 9.59 Å². The van der Waals surface area contributed by atoms with Crippen LogP contribution in [0.4, 0.5) is 0 Å². The van der Waals surface area contributed by atoms with Crippen LogP contribution in [0.1, 0.15) is 61.3 Å². The van der Waals surface area contributed by atoms with E-state index in [1.807, 2.05) is 25.7 Å². The highest BCUT2D eigenvalue weighted by molar-refractivity contribution is 5.97. The van der Waals surface area contributed by atoms with E-state index in [1.54, 1.807) is 0 Å². The van der Waals surface area contributed by atoms with Crippen molar-refractivity contribution in [3.05, 3.63) is 0 Å². The zero-order valence-corrected chi connectivity index (χ0v) is 14.7. The third kappa shape index (κ3) is 4.72. The number of carbonyl (C=O) groups excluding carboxylic acids is 2. The highest BCUT2D eigenvalue weighted by Gasteiger charge is 2.44. The van der Waals surface area contributed by atoms with Gasteiger partial charge in [-0.25, -0.2) is 0 Å². The van der Waals surface area contributed by atoms with Crippen molar-refractivity contribution < 1.29 is 9.59 Å². The monoisotopic (exact) mass is 296 g/mol. The molecular weight excluding hydrogens is 264 g/mol. The fraction of sp³-hybridized carbons (Fsp3) is 0.882. The Morgan fingerprint density at radius 2 is 1.67 bits per heavy atom. The van der Waals surface area contributed by atoms with Gasteiger partial charge in [0, 0.05) is 6.54 Å². The first-order valence-electron chi connectivity index (χ1n) is 8.15. The smallest absolute Gasteiger partial charge is 0.246 e. The molecule has 1 fully saturated rings. The van der Waals surface area contributed by atoms with E-state index < -0.39 is 6.04 Å². The Labute approximate surface area is 129 Å². The SMILES string of the molecule is CC(C)CCN1C(=O)C(C(C)(C)C)NC(=O)C1CC(C)C. The summed E-state index contributed by atoms with van der Waals surface area (Å²) in [5, 5.41) is 2.95. The van der Waals surface area contributed by atoms with Gasteiger partial charge in [0.05, 0.1) is 0 Å². The van der Waals surface area contributed by atoms with Gasteiger partial charge in [0.25, 0.3) is 0 Å². The van der Waals surface area contributed by atoms with Gasteiger partial charge in [-0.1, -0.05) is 48.5 Å². The lowest BCUT2D eigenvalue weighted by Gasteiger charge is -2.44. The molecule has 1 rings (SSSR count). The van der Waals surface area contributed by atoms with Crippen molar-refractivity contribution in [2.24, 2.45) is 17.3 Å². The Kier molecular flexibility index (Phi) is 5.83. The van der Waals surface area contributed by atoms with Crippen LogP contribution in [0.5, 0.6) is 0 Å². The summed E-state index contributed by atoms with van der Waals surface area (Å²) in [5.74, 6) is 0.997. The summed E-state index contributed by atoms with van der Waals surface area (Å²) in [7, 11) is 0. The van der Waals surface area contributed by atoms with Crippen LogP contribution in [0.3, 0.4) is 0 Å². The molecule has 1 heterocycles. The maximum Gasteiger partial charge on any atom is 0.246 e. The summed E-state index contributed by atoms with van der Waals surface area (Å²) in [6.45, 7) is 15.1. The highest BCUT2D eigenvalue weighted by atomic mass is 16.2. The lowest BCUT2D eigenvalue weighted by molar-refractivity contribution is -0.153. The maximum atomic E-state index is 12.8. The van der Waals surface area contributed by atoms with E-state index in [2.05, 4.69) is 33.0 Å². The predicted octanol–water partition coefficient (Wildman–Crippen LogP) is 2.82. The molecule has 0 saturated carbocycles. The van der Waals surface area contributed by atoms with Crippen LogP contribution in [0.2, 0.25) is 0 Å². The molecule has 1 saturated heterocycles. The third-order valence-electron chi connectivity index (χ3n) is 4.00. The summed E-state index contributed by atoms with van der Waals surface area (Å²) < 4.78 is 0. The van der Waals surface area contributed by atoms with Crippen LogP contribution in [-0.4, -0.2) is 35.3 Å². The quantitative estimate of drug-likeness (QED) is 0.848. The highest BCUT2D eigenvalue weighted by Crippen LogP contribution is 2.27. The van der Waals surface area contributed by atoms with E-state index >= 15 is 0 Å². The van der Waals surface area contributed by atoms with Crippen molar-refractivity contribution in [2.75, 3.05) is 6.54 Å². The molecule has 0 spiro atoms. The van der Waals surface area contributed by atoms with Crippen LogP contribution in [0.15, 0.2) is 0 Å². The van der Waals surface area contributed by atoms with Crippen LogP contribution in [0, 0.1) is 17.3 Å². The Bertz CT molecular complexity index is 383. The summed E-state index contributed by atoms with van der Waals surface area (Å²) in [6, 6.07) is -0.726. The summed E-state index contributed by atoms with van der Waals surface area (Å²) in [5.41, 5.74) is -0.258. The molecular formula is C17H32N2O2. The molecule has 0 bridgehead atoms. The van der Waals surface area contributed by atoms with Crippen molar-refractivity contribution in [1.29, 1.82) is 0 Å². The van der Waals surface area contributed by atoms with Crippen LogP contribution in [0.25, 0.3) is 0 Å². The van der Waals surface area contributed by atoms with Crippen molar-refractivity contribution in [1.82, 2.24) is 10.2 Å². The number of amides is 2. The third-order valence-corrected chi connectivity index (χ3v) is 4.00. The minimum absolute atomic E-state index is 0.00646. The fourth-order valence-electron chi connectivity index (χ4n) is 2.69. The lowest BCUT2D eigenvalue weighted by Crippen LogP contribution is -2.66. The topological polar surface area (TPSA) is 49.4 Å². The molecule has 0 radical (unpaired) electrons. The normalized spacial score (nSPS) is 24.0. The summed E-state index contributed by atoms with van der Waals surface area (Å²) in [4.78, 5) is 27.1. The van der Waals surface area contributed by atoms with Crippen LogP contribution in [-0.2, 0) is 9.59 Å². The summed E-state index contributed by atoms with van der Waals surface area (Å²) >= 11 is 0. The number of nitrogens with one attached hydrogen (secondary N) is 1. The van der Waals surface area contributed by atoms with Gasteiger partial charge >= 0.3 is 0 Å². The molecule has 4 nitrogen and oxygen atoms in total. The van der Waals surface area contributed by atoms with Gasteiger partial charge in [-0.2, -0.15) is 0 Å². The number of piperazine rings is 1. The van der Waals surface area contributed by atoms with Crippen molar-refractivity contribution >= 4 is 11.8 Å². The molecule has 2 unspecified atom stereocenters. The van der Waals surface area contributed by atoms with Gasteiger partial charge in [-0.05, 0) is 30.1 Å². The molecule has 122 valence electrons. The predicted molar refractivity (Wildman–Crippen MR) is 85.8 cm³/mol. The number of nitrogens with zero attached hydrogens (tertiary/aromatic N) is 1. The Hall–Kier alpha value is -1.06. The Morgan fingerprint density at radius 1 is 1.10 bits per heavy atom. The molecule has 1 aliphatic rings. The zero-order valence-electron chi connectivity index (χ0n) is 14.7. The van der Waals surface area contributed by atoms with Gasteiger partial charge in [-0.3, -0.25) is 9.59 Å². The second kappa shape index (κ2) is 6.80. The molecule has 0 aromatic heterocycles. The van der Waals surface area contributed by atoms with Crippen molar-refractivity contribution in [3.8, 4) is 0 Å². The van der Waals surface area contributed by atoms with Gasteiger partial charge in [0.15, 0.2) is 0 Å². The molecule has 1 N–H and O–H groups in total. The maximum absolute atomic E-state index is 12.8. The van der Waals surface area contributed by atoms with Gasteiger partial charge in [-0.15, -0.1) is 0 Å². The first-order chi connectivity index (χ1) is 9.54. The van der Waals surface area contributed by atoms with Gasteiger partial charge in [0.2, 0.25) is 11.8 Å². The van der Waals surface area contributed by atoms with Gasteiger partial charge < -0.3 is 10.2 Å². The van der Waals surface area contributed by atoms with Crippen molar-refractivity contribution in [3.63, 3.8) is 0 Å². The average molecular weight is 296 g/mol. The summed E-state index contributed by atoms with van der Waals surface area (Å²) in [6.07, 6.45) is 1.66. The molecule has 0 aromatic rings. The second-order valence-corrected chi connectivity index (χ2v) is 8.17. The zero-order chi connectivity index (χ0) is 16.4. The number of carbonyl (C=O) groups is 2. The first kappa shape index (κ1) is 18.0.